The Morgan fingerprint density at radius 2 is 1.77 bits per heavy atom. The molecule has 6 nitrogen and oxygen atoms in total. The zero-order chi connectivity index (χ0) is 22.0. The van der Waals surface area contributed by atoms with Crippen molar-refractivity contribution in [3.05, 3.63) is 60.3 Å². The van der Waals surface area contributed by atoms with Crippen molar-refractivity contribution in [1.29, 1.82) is 0 Å². The molecule has 0 spiro atoms. The molecule has 0 unspecified atom stereocenters. The van der Waals surface area contributed by atoms with E-state index in [0.29, 0.717) is 41.2 Å². The van der Waals surface area contributed by atoms with Gasteiger partial charge in [0.2, 0.25) is 11.9 Å². The van der Waals surface area contributed by atoms with Gasteiger partial charge in [-0.2, -0.15) is 4.39 Å². The molecule has 1 fully saturated rings. The number of halogens is 2. The predicted octanol–water partition coefficient (Wildman–Crippen LogP) is 3.77. The maximum atomic E-state index is 14.4. The molecule has 1 aliphatic rings. The van der Waals surface area contributed by atoms with Gasteiger partial charge in [-0.25, -0.2) is 9.37 Å². The van der Waals surface area contributed by atoms with Gasteiger partial charge in [0.25, 0.3) is 0 Å². The van der Waals surface area contributed by atoms with Crippen molar-refractivity contribution in [3.8, 4) is 28.0 Å². The van der Waals surface area contributed by atoms with Crippen LogP contribution < -0.4 is 15.5 Å². The number of hydrogen-bond donors (Lipinski definition) is 3. The molecule has 31 heavy (non-hydrogen) atoms. The van der Waals surface area contributed by atoms with Crippen molar-refractivity contribution in [1.82, 2.24) is 10.3 Å². The number of pyridine rings is 1. The molecule has 2 heterocycles. The van der Waals surface area contributed by atoms with Crippen molar-refractivity contribution in [3.63, 3.8) is 0 Å². The summed E-state index contributed by atoms with van der Waals surface area (Å²) in [6.07, 6.45) is 0. The maximum Gasteiger partial charge on any atom is 0.221 e. The second-order valence-electron chi connectivity index (χ2n) is 7.35. The minimum Gasteiger partial charge on any atom is -0.507 e. The van der Waals surface area contributed by atoms with Crippen molar-refractivity contribution in [2.24, 2.45) is 0 Å². The molecular weight excluding hydrogens is 402 g/mol. The number of benzene rings is 2. The fourth-order valence-electron chi connectivity index (χ4n) is 3.68. The van der Waals surface area contributed by atoms with E-state index < -0.39 is 11.8 Å². The Morgan fingerprint density at radius 1 is 1.06 bits per heavy atom. The number of phenols is 1. The lowest BCUT2D eigenvalue weighted by atomic mass is 9.97. The number of phenolic OH excluding ortho intramolecular Hbond substituents is 1. The molecule has 0 bridgehead atoms. The van der Waals surface area contributed by atoms with E-state index in [1.807, 2.05) is 4.90 Å². The van der Waals surface area contributed by atoms with Crippen LogP contribution in [0.4, 0.5) is 20.3 Å². The normalized spacial score (nSPS) is 13.8. The lowest BCUT2D eigenvalue weighted by Gasteiger charge is -2.28. The summed E-state index contributed by atoms with van der Waals surface area (Å²) in [4.78, 5) is 17.2. The van der Waals surface area contributed by atoms with Crippen LogP contribution in [0, 0.1) is 11.8 Å². The van der Waals surface area contributed by atoms with Crippen LogP contribution in [0.1, 0.15) is 6.92 Å². The molecule has 0 atom stereocenters. The Bertz CT molecular complexity index is 1130. The summed E-state index contributed by atoms with van der Waals surface area (Å²) in [5, 5.41) is 16.6. The Labute approximate surface area is 178 Å². The molecule has 4 rings (SSSR count). The van der Waals surface area contributed by atoms with Gasteiger partial charge < -0.3 is 20.6 Å². The molecule has 1 saturated heterocycles. The fraction of sp³-hybridized carbons (Fsp3) is 0.217. The highest BCUT2D eigenvalue weighted by Gasteiger charge is 2.17. The van der Waals surface area contributed by atoms with E-state index in [4.69, 9.17) is 0 Å². The Morgan fingerprint density at radius 3 is 2.45 bits per heavy atom. The van der Waals surface area contributed by atoms with Crippen LogP contribution in [0.3, 0.4) is 0 Å². The molecule has 1 amide bonds. The summed E-state index contributed by atoms with van der Waals surface area (Å²) in [6, 6.07) is 12.3. The molecule has 2 aromatic carbocycles. The molecule has 0 radical (unpaired) electrons. The van der Waals surface area contributed by atoms with E-state index in [-0.39, 0.29) is 17.3 Å². The van der Waals surface area contributed by atoms with E-state index in [2.05, 4.69) is 15.6 Å². The summed E-state index contributed by atoms with van der Waals surface area (Å²) >= 11 is 0. The molecule has 1 aliphatic heterocycles. The van der Waals surface area contributed by atoms with Crippen LogP contribution in [-0.4, -0.2) is 42.2 Å². The van der Waals surface area contributed by atoms with Gasteiger partial charge in [-0.3, -0.25) is 4.79 Å². The zero-order valence-corrected chi connectivity index (χ0v) is 17.0. The van der Waals surface area contributed by atoms with Crippen LogP contribution in [-0.2, 0) is 4.79 Å². The molecule has 8 heteroatoms. The molecule has 3 N–H and O–H groups in total. The number of carbonyl (C=O) groups excluding carboxylic acids is 1. The third kappa shape index (κ3) is 4.49. The first kappa shape index (κ1) is 20.7. The van der Waals surface area contributed by atoms with E-state index in [0.717, 1.165) is 13.1 Å². The first-order valence-corrected chi connectivity index (χ1v) is 9.95. The SMILES string of the molecule is CC(=O)Nc1ccc(-c2cccc(-c3cc(F)nc(N4CCNCC4)c3)c2O)cc1F. The lowest BCUT2D eigenvalue weighted by molar-refractivity contribution is -0.114. The van der Waals surface area contributed by atoms with Gasteiger partial charge >= 0.3 is 0 Å². The number of rotatable bonds is 4. The van der Waals surface area contributed by atoms with Gasteiger partial charge in [0.1, 0.15) is 17.4 Å². The van der Waals surface area contributed by atoms with Crippen LogP contribution in [0.15, 0.2) is 48.5 Å². The molecular formula is C23H22F2N4O2. The topological polar surface area (TPSA) is 77.5 Å². The third-order valence-corrected chi connectivity index (χ3v) is 5.16. The summed E-state index contributed by atoms with van der Waals surface area (Å²) < 4.78 is 28.7. The Kier molecular flexibility index (Phi) is 5.81. The summed E-state index contributed by atoms with van der Waals surface area (Å²) in [6.45, 7) is 4.29. The van der Waals surface area contributed by atoms with Crippen molar-refractivity contribution in [2.75, 3.05) is 36.4 Å². The number of carbonyl (C=O) groups is 1. The molecule has 0 saturated carbocycles. The highest BCUT2D eigenvalue weighted by atomic mass is 19.1. The van der Waals surface area contributed by atoms with Gasteiger partial charge in [0, 0.05) is 50.3 Å². The molecule has 0 aliphatic carbocycles. The molecule has 1 aromatic heterocycles. The minimum atomic E-state index is -0.637. The number of nitrogens with one attached hydrogen (secondary N) is 2. The van der Waals surface area contributed by atoms with E-state index in [1.165, 1.54) is 25.1 Å². The molecule has 160 valence electrons. The number of anilines is 2. The standard InChI is InChI=1S/C23H22F2N4O2/c1-14(30)27-20-6-5-15(11-19(20)24)17-3-2-4-18(23(17)31)16-12-21(25)28-22(13-16)29-9-7-26-8-10-29/h2-6,11-13,26,31H,7-10H2,1H3,(H,27,30). The summed E-state index contributed by atoms with van der Waals surface area (Å²) in [5.41, 5.74) is 1.79. The summed E-state index contributed by atoms with van der Waals surface area (Å²) in [7, 11) is 0. The lowest BCUT2D eigenvalue weighted by Crippen LogP contribution is -2.44. The average molecular weight is 424 g/mol. The van der Waals surface area contributed by atoms with E-state index in [9.17, 15) is 18.7 Å². The predicted molar refractivity (Wildman–Crippen MR) is 116 cm³/mol. The zero-order valence-electron chi connectivity index (χ0n) is 17.0. The minimum absolute atomic E-state index is 0.0590. The van der Waals surface area contributed by atoms with Gasteiger partial charge in [0.05, 0.1) is 5.69 Å². The quantitative estimate of drug-likeness (QED) is 0.556. The van der Waals surface area contributed by atoms with Gasteiger partial charge in [-0.1, -0.05) is 24.3 Å². The van der Waals surface area contributed by atoms with Gasteiger partial charge in [0.15, 0.2) is 0 Å². The average Bonchev–Trinajstić information content (AvgIpc) is 2.75. The first-order valence-electron chi connectivity index (χ1n) is 9.95. The highest BCUT2D eigenvalue weighted by molar-refractivity contribution is 5.89. The second-order valence-corrected chi connectivity index (χ2v) is 7.35. The van der Waals surface area contributed by atoms with Crippen LogP contribution in [0.5, 0.6) is 5.75 Å². The van der Waals surface area contributed by atoms with Crippen LogP contribution >= 0.6 is 0 Å². The largest absolute Gasteiger partial charge is 0.507 e. The number of aromatic nitrogens is 1. The number of piperazine rings is 1. The van der Waals surface area contributed by atoms with Crippen molar-refractivity contribution >= 4 is 17.4 Å². The maximum absolute atomic E-state index is 14.4. The van der Waals surface area contributed by atoms with Crippen molar-refractivity contribution < 1.29 is 18.7 Å². The second kappa shape index (κ2) is 8.69. The Balaban J connectivity index is 1.72. The van der Waals surface area contributed by atoms with E-state index in [1.54, 1.807) is 30.3 Å². The summed E-state index contributed by atoms with van der Waals surface area (Å²) in [5.74, 6) is -1.22. The monoisotopic (exact) mass is 424 g/mol. The number of nitrogens with zero attached hydrogens (tertiary/aromatic N) is 2. The number of amides is 1. The smallest absolute Gasteiger partial charge is 0.221 e. The van der Waals surface area contributed by atoms with Crippen LogP contribution in [0.2, 0.25) is 0 Å². The molecule has 3 aromatic rings. The third-order valence-electron chi connectivity index (χ3n) is 5.16. The number of aromatic hydroxyl groups is 1. The van der Waals surface area contributed by atoms with Gasteiger partial charge in [-0.05, 0) is 29.3 Å². The highest BCUT2D eigenvalue weighted by Crippen LogP contribution is 2.39. The van der Waals surface area contributed by atoms with Crippen molar-refractivity contribution in [2.45, 2.75) is 6.92 Å². The number of hydrogen-bond acceptors (Lipinski definition) is 5. The number of para-hydroxylation sites is 1. The Hall–Kier alpha value is -3.52. The fourth-order valence-corrected chi connectivity index (χ4v) is 3.68. The first-order chi connectivity index (χ1) is 14.9. The van der Waals surface area contributed by atoms with E-state index >= 15 is 0 Å². The van der Waals surface area contributed by atoms with Crippen LogP contribution in [0.25, 0.3) is 22.3 Å². The van der Waals surface area contributed by atoms with Gasteiger partial charge in [-0.15, -0.1) is 0 Å².